The number of alkyl halides is 3. The normalized spacial score (nSPS) is 11.2. The molecule has 0 bridgehead atoms. The van der Waals surface area contributed by atoms with Gasteiger partial charge in [-0.2, -0.15) is 13.2 Å². The van der Waals surface area contributed by atoms with Gasteiger partial charge >= 0.3 is 12.1 Å². The molecule has 0 radical (unpaired) electrons. The van der Waals surface area contributed by atoms with Gasteiger partial charge in [0.25, 0.3) is 0 Å². The minimum atomic E-state index is -5.08. The molecular weight excluding hydrogens is 285 g/mol. The van der Waals surface area contributed by atoms with Crippen LogP contribution in [0.2, 0.25) is 0 Å². The van der Waals surface area contributed by atoms with E-state index in [2.05, 4.69) is 17.1 Å². The number of hydrogen-bond acceptors (Lipinski definition) is 2. The van der Waals surface area contributed by atoms with Crippen molar-refractivity contribution < 1.29 is 23.1 Å². The standard InChI is InChI=1S/C12H10N2.C2HF3O2/c13-12-10-6-3-5-8(10)9-4-1-2-7-11(9)14-12;3-2(4,5)1(6)7/h1-7,14H,13H2;(H,6,7). The van der Waals surface area contributed by atoms with Crippen molar-refractivity contribution in [3.8, 4) is 11.1 Å². The van der Waals surface area contributed by atoms with E-state index in [0.717, 1.165) is 16.9 Å². The maximum absolute atomic E-state index is 10.6. The molecule has 4 nitrogen and oxygen atoms in total. The number of fused-ring (bicyclic) bond motifs is 3. The van der Waals surface area contributed by atoms with Crippen LogP contribution in [0.1, 0.15) is 0 Å². The number of aliphatic carboxylic acids is 1. The maximum atomic E-state index is 10.6. The van der Waals surface area contributed by atoms with E-state index in [1.807, 2.05) is 30.3 Å². The van der Waals surface area contributed by atoms with Gasteiger partial charge in [-0.05, 0) is 11.6 Å². The Balaban J connectivity index is 0.000000199. The van der Waals surface area contributed by atoms with Crippen molar-refractivity contribution in [2.24, 2.45) is 0 Å². The number of hydrogen-bond donors (Lipinski definition) is 3. The highest BCUT2D eigenvalue weighted by Gasteiger charge is 2.38. The van der Waals surface area contributed by atoms with Crippen molar-refractivity contribution in [1.29, 1.82) is 0 Å². The van der Waals surface area contributed by atoms with Gasteiger partial charge < -0.3 is 15.8 Å². The van der Waals surface area contributed by atoms with Crippen LogP contribution >= 0.6 is 0 Å². The number of halogens is 3. The van der Waals surface area contributed by atoms with E-state index in [1.54, 1.807) is 0 Å². The second kappa shape index (κ2) is 5.35. The Morgan fingerprint density at radius 1 is 1.05 bits per heavy atom. The first kappa shape index (κ1) is 14.7. The van der Waals surface area contributed by atoms with Gasteiger partial charge in [-0.3, -0.25) is 0 Å². The van der Waals surface area contributed by atoms with Crippen molar-refractivity contribution in [3.05, 3.63) is 42.5 Å². The summed E-state index contributed by atoms with van der Waals surface area (Å²) in [5.74, 6) is -2.02. The molecule has 0 spiro atoms. The van der Waals surface area contributed by atoms with Gasteiger partial charge in [-0.25, -0.2) is 4.79 Å². The van der Waals surface area contributed by atoms with E-state index >= 15 is 0 Å². The van der Waals surface area contributed by atoms with Crippen LogP contribution in [0.4, 0.5) is 19.0 Å². The lowest BCUT2D eigenvalue weighted by Crippen LogP contribution is -2.21. The smallest absolute Gasteiger partial charge is 0.475 e. The number of benzene rings is 1. The molecule has 0 aromatic heterocycles. The molecule has 1 aliphatic carbocycles. The molecule has 1 aromatic carbocycles. The first-order chi connectivity index (χ1) is 9.80. The lowest BCUT2D eigenvalue weighted by atomic mass is 10.1. The Labute approximate surface area is 117 Å². The fraction of sp³-hybridized carbons (Fsp3) is 0.0714. The van der Waals surface area contributed by atoms with Crippen LogP contribution in [0.3, 0.4) is 0 Å². The Kier molecular flexibility index (Phi) is 3.75. The third-order valence-corrected chi connectivity index (χ3v) is 2.84. The zero-order chi connectivity index (χ0) is 15.6. The molecule has 1 heterocycles. The molecule has 4 N–H and O–H groups in total. The molecule has 0 fully saturated rings. The Hall–Kier alpha value is -2.70. The van der Waals surface area contributed by atoms with Crippen LogP contribution in [-0.4, -0.2) is 22.2 Å². The third-order valence-electron chi connectivity index (χ3n) is 2.84. The fourth-order valence-corrected chi connectivity index (χ4v) is 1.93. The summed E-state index contributed by atoms with van der Waals surface area (Å²) >= 11 is 0. The number of aromatic amines is 1. The average molecular weight is 296 g/mol. The Morgan fingerprint density at radius 3 is 2.24 bits per heavy atom. The van der Waals surface area contributed by atoms with Gasteiger partial charge in [-0.15, -0.1) is 0 Å². The number of aromatic nitrogens is 1. The van der Waals surface area contributed by atoms with Crippen molar-refractivity contribution in [3.63, 3.8) is 0 Å². The second-order valence-electron chi connectivity index (χ2n) is 4.24. The van der Waals surface area contributed by atoms with Crippen LogP contribution in [0.5, 0.6) is 0 Å². The van der Waals surface area contributed by atoms with Crippen LogP contribution < -0.4 is 5.73 Å². The molecule has 21 heavy (non-hydrogen) atoms. The largest absolute Gasteiger partial charge is 0.490 e. The number of carboxylic acid groups (broad SMARTS) is 1. The number of pyridine rings is 1. The molecule has 0 atom stereocenters. The van der Waals surface area contributed by atoms with Crippen LogP contribution in [-0.2, 0) is 4.79 Å². The minimum absolute atomic E-state index is 0.740. The van der Waals surface area contributed by atoms with Crippen LogP contribution in [0, 0.1) is 0 Å². The number of nitrogen functional groups attached to an aromatic ring is 1. The van der Waals surface area contributed by atoms with Crippen molar-refractivity contribution >= 4 is 22.7 Å². The number of carboxylic acids is 1. The van der Waals surface area contributed by atoms with E-state index in [0.29, 0.717) is 0 Å². The summed E-state index contributed by atoms with van der Waals surface area (Å²) in [6.07, 6.45) is -5.08. The van der Waals surface area contributed by atoms with Gasteiger partial charge in [0, 0.05) is 16.5 Å². The van der Waals surface area contributed by atoms with Crippen molar-refractivity contribution in [1.82, 2.24) is 4.98 Å². The van der Waals surface area contributed by atoms with Gasteiger partial charge in [0.2, 0.25) is 0 Å². The number of carbonyl (C=O) groups is 1. The zero-order valence-electron chi connectivity index (χ0n) is 10.6. The highest BCUT2D eigenvalue weighted by atomic mass is 19.4. The lowest BCUT2D eigenvalue weighted by Gasteiger charge is -2.08. The molecule has 0 amide bonds. The maximum Gasteiger partial charge on any atom is 0.490 e. The predicted molar refractivity (Wildman–Crippen MR) is 73.0 cm³/mol. The molecule has 0 saturated carbocycles. The number of para-hydroxylation sites is 1. The van der Waals surface area contributed by atoms with Crippen molar-refractivity contribution in [2.45, 2.75) is 6.18 Å². The Bertz CT molecular complexity index is 750. The number of nitrogens with two attached hydrogens (primary N) is 1. The molecule has 3 rings (SSSR count). The van der Waals surface area contributed by atoms with Gasteiger partial charge in [0.05, 0.1) is 0 Å². The van der Waals surface area contributed by atoms with Crippen LogP contribution in [0.15, 0.2) is 42.5 Å². The van der Waals surface area contributed by atoms with Crippen LogP contribution in [0.25, 0.3) is 22.0 Å². The molecule has 110 valence electrons. The summed E-state index contributed by atoms with van der Waals surface area (Å²) in [6.45, 7) is 0. The Morgan fingerprint density at radius 2 is 1.62 bits per heavy atom. The van der Waals surface area contributed by atoms with Gasteiger partial charge in [0.1, 0.15) is 5.82 Å². The summed E-state index contributed by atoms with van der Waals surface area (Å²) in [5, 5.41) is 8.35. The lowest BCUT2D eigenvalue weighted by molar-refractivity contribution is -0.192. The number of anilines is 1. The first-order valence-electron chi connectivity index (χ1n) is 5.85. The molecule has 7 heteroatoms. The zero-order valence-corrected chi connectivity index (χ0v) is 10.6. The van der Waals surface area contributed by atoms with E-state index in [-0.39, 0.29) is 0 Å². The first-order valence-corrected chi connectivity index (χ1v) is 5.85. The van der Waals surface area contributed by atoms with E-state index in [9.17, 15) is 13.2 Å². The van der Waals surface area contributed by atoms with Gasteiger partial charge in [0.15, 0.2) is 0 Å². The molecule has 1 aliphatic heterocycles. The van der Waals surface area contributed by atoms with E-state index in [4.69, 9.17) is 15.6 Å². The summed E-state index contributed by atoms with van der Waals surface area (Å²) in [7, 11) is 0. The van der Waals surface area contributed by atoms with Gasteiger partial charge in [-0.1, -0.05) is 36.4 Å². The summed E-state index contributed by atoms with van der Waals surface area (Å²) in [4.78, 5) is 12.1. The highest BCUT2D eigenvalue weighted by Crippen LogP contribution is 2.34. The van der Waals surface area contributed by atoms with Crippen molar-refractivity contribution in [2.75, 3.05) is 5.73 Å². The average Bonchev–Trinajstić information content (AvgIpc) is 2.88. The molecule has 2 aliphatic rings. The summed E-state index contributed by atoms with van der Waals surface area (Å²) in [5.41, 5.74) is 9.32. The minimum Gasteiger partial charge on any atom is -0.475 e. The number of rotatable bonds is 0. The topological polar surface area (TPSA) is 79.1 Å². The second-order valence-corrected chi connectivity index (χ2v) is 4.24. The monoisotopic (exact) mass is 296 g/mol. The molecule has 0 unspecified atom stereocenters. The highest BCUT2D eigenvalue weighted by molar-refractivity contribution is 5.99. The third kappa shape index (κ3) is 3.07. The van der Waals surface area contributed by atoms with E-state index in [1.165, 1.54) is 10.9 Å². The summed E-state index contributed by atoms with van der Waals surface area (Å²) in [6, 6.07) is 14.4. The molecule has 1 aromatic rings. The quantitative estimate of drug-likeness (QED) is 0.594. The predicted octanol–water partition coefficient (Wildman–Crippen LogP) is 3.49. The number of H-pyrrole nitrogens is 1. The molecular formula is C14H11F3N2O2. The summed E-state index contributed by atoms with van der Waals surface area (Å²) < 4.78 is 31.7. The fourth-order valence-electron chi connectivity index (χ4n) is 1.93. The van der Waals surface area contributed by atoms with E-state index < -0.39 is 12.1 Å². The number of nitrogens with one attached hydrogen (secondary N) is 1. The SMILES string of the molecule is Nc1[nH]c2ccccc2c2cccc1-2.O=C(O)C(F)(F)F. The molecule has 0 saturated heterocycles.